The van der Waals surface area contributed by atoms with Gasteiger partial charge < -0.3 is 10.4 Å². The Kier molecular flexibility index (Phi) is 6.07. The fourth-order valence-corrected chi connectivity index (χ4v) is 2.52. The zero-order valence-corrected chi connectivity index (χ0v) is 13.5. The number of carbonyl (C=O) groups is 2. The molecule has 2 rings (SSSR count). The minimum absolute atomic E-state index is 0.0418. The fraction of sp³-hybridized carbons (Fsp3) is 0.263. The van der Waals surface area contributed by atoms with Gasteiger partial charge in [0.2, 0.25) is 0 Å². The number of hydrogen-bond donors (Lipinski definition) is 2. The third-order valence-electron chi connectivity index (χ3n) is 3.81. The van der Waals surface area contributed by atoms with Crippen molar-refractivity contribution < 1.29 is 19.1 Å². The van der Waals surface area contributed by atoms with Crippen LogP contribution in [0.25, 0.3) is 0 Å². The number of carbonyl (C=O) groups excluding carboxylic acids is 1. The van der Waals surface area contributed by atoms with Crippen molar-refractivity contribution in [3.63, 3.8) is 0 Å². The lowest BCUT2D eigenvalue weighted by molar-refractivity contribution is -0.137. The summed E-state index contributed by atoms with van der Waals surface area (Å²) in [5, 5.41) is 11.7. The highest BCUT2D eigenvalue weighted by Crippen LogP contribution is 2.13. The Morgan fingerprint density at radius 1 is 1.17 bits per heavy atom. The molecule has 2 aromatic rings. The van der Waals surface area contributed by atoms with Gasteiger partial charge in [0.05, 0.1) is 0 Å². The van der Waals surface area contributed by atoms with E-state index in [1.807, 2.05) is 30.3 Å². The summed E-state index contributed by atoms with van der Waals surface area (Å²) in [6, 6.07) is 13.2. The topological polar surface area (TPSA) is 66.4 Å². The molecule has 0 fully saturated rings. The summed E-state index contributed by atoms with van der Waals surface area (Å²) >= 11 is 0. The summed E-state index contributed by atoms with van der Waals surface area (Å²) < 4.78 is 13.4. The third kappa shape index (κ3) is 5.19. The number of nitrogens with one attached hydrogen (secondary N) is 1. The lowest BCUT2D eigenvalue weighted by atomic mass is 10.0. The molecule has 0 saturated carbocycles. The summed E-state index contributed by atoms with van der Waals surface area (Å²) in [5.74, 6) is -1.78. The lowest BCUT2D eigenvalue weighted by Crippen LogP contribution is -2.37. The molecule has 126 valence electrons. The molecule has 1 atom stereocenters. The first-order chi connectivity index (χ1) is 11.5. The van der Waals surface area contributed by atoms with Gasteiger partial charge in [-0.3, -0.25) is 9.59 Å². The number of halogens is 1. The summed E-state index contributed by atoms with van der Waals surface area (Å²) in [5.41, 5.74) is 1.94. The number of benzene rings is 2. The van der Waals surface area contributed by atoms with Crippen molar-refractivity contribution >= 4 is 11.9 Å². The average Bonchev–Trinajstić information content (AvgIpc) is 2.55. The van der Waals surface area contributed by atoms with E-state index in [4.69, 9.17) is 5.11 Å². The van der Waals surface area contributed by atoms with Crippen LogP contribution in [0.2, 0.25) is 0 Å². The van der Waals surface area contributed by atoms with E-state index in [2.05, 4.69) is 5.32 Å². The molecule has 0 spiro atoms. The van der Waals surface area contributed by atoms with E-state index >= 15 is 0 Å². The van der Waals surface area contributed by atoms with Crippen LogP contribution in [0.4, 0.5) is 4.39 Å². The molecule has 1 unspecified atom stereocenters. The summed E-state index contributed by atoms with van der Waals surface area (Å²) in [6.45, 7) is 1.73. The van der Waals surface area contributed by atoms with Crippen molar-refractivity contribution in [2.75, 3.05) is 0 Å². The standard InChI is InChI=1S/C19H20FNO3/c1-13-7-8-15(20)12-17(13)19(24)21-16(9-10-18(22)23)11-14-5-3-2-4-6-14/h2-8,12,16H,9-11H2,1H3,(H,21,24)(H,22,23). The number of amides is 1. The van der Waals surface area contributed by atoms with Crippen LogP contribution < -0.4 is 5.32 Å². The third-order valence-corrected chi connectivity index (χ3v) is 3.81. The normalized spacial score (nSPS) is 11.8. The Balaban J connectivity index is 2.12. The Labute approximate surface area is 140 Å². The molecule has 24 heavy (non-hydrogen) atoms. The molecule has 0 aliphatic heterocycles. The summed E-state index contributed by atoms with van der Waals surface area (Å²) in [6.07, 6.45) is 0.790. The van der Waals surface area contributed by atoms with Gasteiger partial charge in [-0.1, -0.05) is 36.4 Å². The number of carboxylic acid groups (broad SMARTS) is 1. The van der Waals surface area contributed by atoms with Gasteiger partial charge in [0.1, 0.15) is 5.82 Å². The molecule has 0 aliphatic rings. The molecule has 2 N–H and O–H groups in total. The van der Waals surface area contributed by atoms with Crippen LogP contribution in [0.5, 0.6) is 0 Å². The van der Waals surface area contributed by atoms with Gasteiger partial charge in [-0.05, 0) is 43.0 Å². The largest absolute Gasteiger partial charge is 0.481 e. The molecule has 0 saturated heterocycles. The zero-order valence-electron chi connectivity index (χ0n) is 13.5. The maximum Gasteiger partial charge on any atom is 0.303 e. The molecular formula is C19H20FNO3. The van der Waals surface area contributed by atoms with Crippen molar-refractivity contribution in [2.24, 2.45) is 0 Å². The van der Waals surface area contributed by atoms with Crippen LogP contribution in [-0.2, 0) is 11.2 Å². The highest BCUT2D eigenvalue weighted by Gasteiger charge is 2.17. The van der Waals surface area contributed by atoms with Gasteiger partial charge in [0.25, 0.3) is 5.91 Å². The molecule has 0 heterocycles. The quantitative estimate of drug-likeness (QED) is 0.819. The molecule has 1 amide bonds. The molecule has 0 aromatic heterocycles. The predicted octanol–water partition coefficient (Wildman–Crippen LogP) is 3.34. The molecule has 4 nitrogen and oxygen atoms in total. The van der Waals surface area contributed by atoms with Crippen LogP contribution in [0.1, 0.15) is 34.3 Å². The Bertz CT molecular complexity index is 716. The predicted molar refractivity (Wildman–Crippen MR) is 89.4 cm³/mol. The molecule has 0 aliphatic carbocycles. The van der Waals surface area contributed by atoms with Crippen molar-refractivity contribution in [1.82, 2.24) is 5.32 Å². The second kappa shape index (κ2) is 8.24. The first-order valence-electron chi connectivity index (χ1n) is 7.78. The van der Waals surface area contributed by atoms with Gasteiger partial charge in [0, 0.05) is 18.0 Å². The molecule has 0 radical (unpaired) electrons. The first kappa shape index (κ1) is 17.7. The van der Waals surface area contributed by atoms with E-state index < -0.39 is 17.7 Å². The Morgan fingerprint density at radius 3 is 2.54 bits per heavy atom. The number of carboxylic acids is 1. The number of rotatable bonds is 7. The van der Waals surface area contributed by atoms with Crippen LogP contribution in [0.15, 0.2) is 48.5 Å². The van der Waals surface area contributed by atoms with Crippen molar-refractivity contribution in [2.45, 2.75) is 32.2 Å². The molecule has 0 bridgehead atoms. The minimum atomic E-state index is -0.913. The van der Waals surface area contributed by atoms with Crippen LogP contribution in [0.3, 0.4) is 0 Å². The van der Waals surface area contributed by atoms with E-state index in [1.165, 1.54) is 12.1 Å². The maximum atomic E-state index is 13.4. The van der Waals surface area contributed by atoms with Gasteiger partial charge in [-0.25, -0.2) is 4.39 Å². The second-order valence-electron chi connectivity index (χ2n) is 5.75. The molecular weight excluding hydrogens is 309 g/mol. The smallest absolute Gasteiger partial charge is 0.303 e. The van der Waals surface area contributed by atoms with Gasteiger partial charge in [-0.15, -0.1) is 0 Å². The van der Waals surface area contributed by atoms with Gasteiger partial charge in [0.15, 0.2) is 0 Å². The fourth-order valence-electron chi connectivity index (χ4n) is 2.52. The minimum Gasteiger partial charge on any atom is -0.481 e. The van der Waals surface area contributed by atoms with Gasteiger partial charge in [-0.2, -0.15) is 0 Å². The van der Waals surface area contributed by atoms with Gasteiger partial charge >= 0.3 is 5.97 Å². The molecule has 2 aromatic carbocycles. The number of hydrogen-bond acceptors (Lipinski definition) is 2. The summed E-state index contributed by atoms with van der Waals surface area (Å²) in [4.78, 5) is 23.3. The van der Waals surface area contributed by atoms with Crippen molar-refractivity contribution in [3.8, 4) is 0 Å². The van der Waals surface area contributed by atoms with E-state index in [0.29, 0.717) is 18.4 Å². The van der Waals surface area contributed by atoms with Crippen LogP contribution in [-0.4, -0.2) is 23.0 Å². The Morgan fingerprint density at radius 2 is 1.88 bits per heavy atom. The maximum absolute atomic E-state index is 13.4. The Hall–Kier alpha value is -2.69. The SMILES string of the molecule is Cc1ccc(F)cc1C(=O)NC(CCC(=O)O)Cc1ccccc1. The second-order valence-corrected chi connectivity index (χ2v) is 5.75. The van der Waals surface area contributed by atoms with Crippen molar-refractivity contribution in [1.29, 1.82) is 0 Å². The highest BCUT2D eigenvalue weighted by molar-refractivity contribution is 5.95. The van der Waals surface area contributed by atoms with Crippen molar-refractivity contribution in [3.05, 3.63) is 71.0 Å². The van der Waals surface area contributed by atoms with E-state index in [9.17, 15) is 14.0 Å². The molecule has 5 heteroatoms. The highest BCUT2D eigenvalue weighted by atomic mass is 19.1. The van der Waals surface area contributed by atoms with E-state index in [1.54, 1.807) is 13.0 Å². The van der Waals surface area contributed by atoms with Crippen LogP contribution >= 0.6 is 0 Å². The van der Waals surface area contributed by atoms with E-state index in [0.717, 1.165) is 5.56 Å². The van der Waals surface area contributed by atoms with E-state index in [-0.39, 0.29) is 18.0 Å². The number of aliphatic carboxylic acids is 1. The lowest BCUT2D eigenvalue weighted by Gasteiger charge is -2.19. The zero-order chi connectivity index (χ0) is 17.5. The average molecular weight is 329 g/mol. The first-order valence-corrected chi connectivity index (χ1v) is 7.78. The summed E-state index contributed by atoms with van der Waals surface area (Å²) in [7, 11) is 0. The monoisotopic (exact) mass is 329 g/mol. The van der Waals surface area contributed by atoms with Crippen LogP contribution in [0, 0.1) is 12.7 Å². The number of aryl methyl sites for hydroxylation is 1.